The van der Waals surface area contributed by atoms with Crippen LogP contribution >= 0.6 is 0 Å². The summed E-state index contributed by atoms with van der Waals surface area (Å²) < 4.78 is 33.4. The minimum atomic E-state index is -3.87. The van der Waals surface area contributed by atoms with E-state index in [1.54, 1.807) is 26.8 Å². The Morgan fingerprint density at radius 3 is 2.19 bits per heavy atom. The number of ether oxygens (including phenoxy) is 1. The number of hydrogen-bond acceptors (Lipinski definition) is 6. The summed E-state index contributed by atoms with van der Waals surface area (Å²) in [7, 11) is -3.87. The van der Waals surface area contributed by atoms with Crippen molar-refractivity contribution in [3.63, 3.8) is 0 Å². The van der Waals surface area contributed by atoms with E-state index in [-0.39, 0.29) is 16.8 Å². The molecule has 0 aliphatic heterocycles. The molecule has 2 N–H and O–H groups in total. The molecule has 0 fully saturated rings. The van der Waals surface area contributed by atoms with Crippen molar-refractivity contribution in [2.24, 2.45) is 0 Å². The first kappa shape index (κ1) is 23.2. The van der Waals surface area contributed by atoms with Crippen LogP contribution in [-0.4, -0.2) is 30.4 Å². The Morgan fingerprint density at radius 1 is 0.938 bits per heavy atom. The van der Waals surface area contributed by atoms with Crippen molar-refractivity contribution in [2.45, 2.75) is 45.6 Å². The van der Waals surface area contributed by atoms with Gasteiger partial charge in [-0.25, -0.2) is 23.1 Å². The van der Waals surface area contributed by atoms with E-state index in [1.807, 2.05) is 32.0 Å². The van der Waals surface area contributed by atoms with E-state index < -0.39 is 16.1 Å². The molecule has 1 atom stereocenters. The highest BCUT2D eigenvalue weighted by Gasteiger charge is 2.18. The molecular weight excluding hydrogens is 428 g/mol. The molecule has 1 aromatic heterocycles. The number of aryl methyl sites for hydroxylation is 4. The van der Waals surface area contributed by atoms with Crippen molar-refractivity contribution >= 4 is 27.6 Å². The third kappa shape index (κ3) is 5.82. The Bertz CT molecular complexity index is 1220. The van der Waals surface area contributed by atoms with Gasteiger partial charge in [0.05, 0.1) is 4.90 Å². The Labute approximate surface area is 188 Å². The van der Waals surface area contributed by atoms with Gasteiger partial charge in [-0.05, 0) is 82.1 Å². The van der Waals surface area contributed by atoms with Crippen LogP contribution in [-0.2, 0) is 14.8 Å². The Balaban J connectivity index is 1.66. The summed E-state index contributed by atoms with van der Waals surface area (Å²) in [6, 6.07) is 13.4. The first-order valence-corrected chi connectivity index (χ1v) is 11.5. The van der Waals surface area contributed by atoms with Crippen LogP contribution in [0.25, 0.3) is 0 Å². The zero-order valence-corrected chi connectivity index (χ0v) is 19.4. The van der Waals surface area contributed by atoms with Crippen LogP contribution in [0.2, 0.25) is 0 Å². The standard InChI is InChI=1S/C23H26N4O4S/c1-14-6-7-15(2)21(12-14)31-18(5)22(28)26-19-8-10-20(11-9-19)32(29,30)27-23-24-16(3)13-17(4)25-23/h6-13,18H,1-5H3,(H,26,28)(H,24,25,27). The zero-order chi connectivity index (χ0) is 23.5. The second kappa shape index (κ2) is 9.35. The number of benzene rings is 2. The Morgan fingerprint density at radius 2 is 1.56 bits per heavy atom. The van der Waals surface area contributed by atoms with Gasteiger partial charge in [0.1, 0.15) is 5.75 Å². The number of nitrogens with one attached hydrogen (secondary N) is 2. The molecule has 1 unspecified atom stereocenters. The second-order valence-corrected chi connectivity index (χ2v) is 9.30. The summed E-state index contributed by atoms with van der Waals surface area (Å²) in [6.07, 6.45) is -0.734. The molecular formula is C23H26N4O4S. The first-order valence-electron chi connectivity index (χ1n) is 10.0. The van der Waals surface area contributed by atoms with E-state index in [0.29, 0.717) is 22.8 Å². The van der Waals surface area contributed by atoms with Crippen LogP contribution < -0.4 is 14.8 Å². The summed E-state index contributed by atoms with van der Waals surface area (Å²) in [4.78, 5) is 20.7. The lowest BCUT2D eigenvalue weighted by atomic mass is 10.1. The Hall–Kier alpha value is -3.46. The lowest BCUT2D eigenvalue weighted by Crippen LogP contribution is -2.30. The van der Waals surface area contributed by atoms with Crippen molar-refractivity contribution in [3.8, 4) is 5.75 Å². The molecule has 0 saturated heterocycles. The zero-order valence-electron chi connectivity index (χ0n) is 18.6. The minimum absolute atomic E-state index is 0.0114. The number of carbonyl (C=O) groups excluding carboxylic acids is 1. The van der Waals surface area contributed by atoms with Gasteiger partial charge in [-0.1, -0.05) is 12.1 Å². The van der Waals surface area contributed by atoms with Gasteiger partial charge in [-0.2, -0.15) is 0 Å². The van der Waals surface area contributed by atoms with E-state index in [4.69, 9.17) is 4.74 Å². The molecule has 3 aromatic rings. The molecule has 0 aliphatic rings. The number of rotatable bonds is 7. The molecule has 1 amide bonds. The maximum absolute atomic E-state index is 12.6. The van der Waals surface area contributed by atoms with E-state index in [9.17, 15) is 13.2 Å². The predicted octanol–water partition coefficient (Wildman–Crippen LogP) is 3.92. The van der Waals surface area contributed by atoms with Crippen LogP contribution in [0, 0.1) is 27.7 Å². The number of sulfonamides is 1. The van der Waals surface area contributed by atoms with Crippen molar-refractivity contribution in [1.82, 2.24) is 9.97 Å². The van der Waals surface area contributed by atoms with Gasteiger partial charge in [-0.15, -0.1) is 0 Å². The van der Waals surface area contributed by atoms with Crippen LogP contribution in [0.4, 0.5) is 11.6 Å². The second-order valence-electron chi connectivity index (χ2n) is 7.62. The summed E-state index contributed by atoms with van der Waals surface area (Å²) in [6.45, 7) is 9.04. The maximum Gasteiger partial charge on any atom is 0.265 e. The normalized spacial score (nSPS) is 12.2. The van der Waals surface area contributed by atoms with Crippen molar-refractivity contribution in [3.05, 3.63) is 71.0 Å². The van der Waals surface area contributed by atoms with Gasteiger partial charge in [0, 0.05) is 17.1 Å². The van der Waals surface area contributed by atoms with E-state index in [1.165, 1.54) is 24.3 Å². The highest BCUT2D eigenvalue weighted by Crippen LogP contribution is 2.21. The minimum Gasteiger partial charge on any atom is -0.481 e. The van der Waals surface area contributed by atoms with Crippen LogP contribution in [0.15, 0.2) is 53.4 Å². The largest absolute Gasteiger partial charge is 0.481 e. The topological polar surface area (TPSA) is 110 Å². The smallest absolute Gasteiger partial charge is 0.265 e. The number of aromatic nitrogens is 2. The summed E-state index contributed by atoms with van der Waals surface area (Å²) >= 11 is 0. The summed E-state index contributed by atoms with van der Waals surface area (Å²) in [5.74, 6) is 0.314. The van der Waals surface area contributed by atoms with Crippen LogP contribution in [0.3, 0.4) is 0 Å². The van der Waals surface area contributed by atoms with E-state index in [0.717, 1.165) is 11.1 Å². The number of amides is 1. The Kier molecular flexibility index (Phi) is 6.78. The molecule has 1 heterocycles. The molecule has 0 radical (unpaired) electrons. The number of carbonyl (C=O) groups is 1. The monoisotopic (exact) mass is 454 g/mol. The quantitative estimate of drug-likeness (QED) is 0.560. The van der Waals surface area contributed by atoms with Gasteiger partial charge < -0.3 is 10.1 Å². The predicted molar refractivity (Wildman–Crippen MR) is 123 cm³/mol. The van der Waals surface area contributed by atoms with Crippen LogP contribution in [0.5, 0.6) is 5.75 Å². The SMILES string of the molecule is Cc1ccc(C)c(OC(C)C(=O)Nc2ccc(S(=O)(=O)Nc3nc(C)cc(C)n3)cc2)c1. The molecule has 8 nitrogen and oxygen atoms in total. The average molecular weight is 455 g/mol. The van der Waals surface area contributed by atoms with Gasteiger partial charge in [0.2, 0.25) is 5.95 Å². The number of hydrogen-bond donors (Lipinski definition) is 2. The molecule has 0 bridgehead atoms. The average Bonchev–Trinajstić information content (AvgIpc) is 2.70. The van der Waals surface area contributed by atoms with Crippen molar-refractivity contribution in [2.75, 3.05) is 10.0 Å². The molecule has 9 heteroatoms. The molecule has 168 valence electrons. The van der Waals surface area contributed by atoms with Crippen molar-refractivity contribution in [1.29, 1.82) is 0 Å². The molecule has 2 aromatic carbocycles. The van der Waals surface area contributed by atoms with Gasteiger partial charge >= 0.3 is 0 Å². The molecule has 0 spiro atoms. The first-order chi connectivity index (χ1) is 15.0. The fourth-order valence-electron chi connectivity index (χ4n) is 2.99. The van der Waals surface area contributed by atoms with Gasteiger partial charge in [0.15, 0.2) is 6.10 Å². The third-order valence-corrected chi connectivity index (χ3v) is 6.00. The fourth-order valence-corrected chi connectivity index (χ4v) is 3.93. The fraction of sp³-hybridized carbons (Fsp3) is 0.261. The molecule has 3 rings (SSSR count). The lowest BCUT2D eigenvalue weighted by molar-refractivity contribution is -0.122. The van der Waals surface area contributed by atoms with Crippen molar-refractivity contribution < 1.29 is 17.9 Å². The number of nitrogens with zero attached hydrogens (tertiary/aromatic N) is 2. The van der Waals surface area contributed by atoms with E-state index >= 15 is 0 Å². The summed E-state index contributed by atoms with van der Waals surface area (Å²) in [5, 5.41) is 2.74. The third-order valence-electron chi connectivity index (χ3n) is 4.66. The molecule has 32 heavy (non-hydrogen) atoms. The van der Waals surface area contributed by atoms with Gasteiger partial charge in [-0.3, -0.25) is 4.79 Å². The lowest BCUT2D eigenvalue weighted by Gasteiger charge is -2.17. The van der Waals surface area contributed by atoms with Crippen LogP contribution in [0.1, 0.15) is 29.4 Å². The van der Waals surface area contributed by atoms with E-state index in [2.05, 4.69) is 20.0 Å². The summed E-state index contributed by atoms with van der Waals surface area (Å²) in [5.41, 5.74) is 3.74. The number of anilines is 2. The highest BCUT2D eigenvalue weighted by molar-refractivity contribution is 7.92. The molecule has 0 saturated carbocycles. The van der Waals surface area contributed by atoms with Gasteiger partial charge in [0.25, 0.3) is 15.9 Å². The highest BCUT2D eigenvalue weighted by atomic mass is 32.2. The molecule has 0 aliphatic carbocycles. The maximum atomic E-state index is 12.6.